The molecule has 1 N–H and O–H groups in total. The molecule has 0 bridgehead atoms. The SMILES string of the molecule is CN1CCC(Oc2ncnc3ccc(-c4c[nH]c5nc(OC(F)F)ccc45)cc23)CC1. The molecule has 0 atom stereocenters. The Kier molecular flexibility index (Phi) is 5.11. The van der Waals surface area contributed by atoms with Gasteiger partial charge in [-0.3, -0.25) is 0 Å². The van der Waals surface area contributed by atoms with Crippen molar-refractivity contribution in [1.82, 2.24) is 24.8 Å². The molecule has 4 heterocycles. The summed E-state index contributed by atoms with van der Waals surface area (Å²) < 4.78 is 35.6. The molecule has 31 heavy (non-hydrogen) atoms. The third-order valence-electron chi connectivity index (χ3n) is 5.58. The number of pyridine rings is 1. The fourth-order valence-corrected chi connectivity index (χ4v) is 3.94. The second-order valence-electron chi connectivity index (χ2n) is 7.66. The first kappa shape index (κ1) is 19.6. The highest BCUT2D eigenvalue weighted by Gasteiger charge is 2.20. The van der Waals surface area contributed by atoms with Crippen LogP contribution in [0.2, 0.25) is 0 Å². The highest BCUT2D eigenvalue weighted by molar-refractivity contribution is 5.97. The minimum Gasteiger partial charge on any atom is -0.474 e. The molecule has 1 saturated heterocycles. The number of fused-ring (bicyclic) bond motifs is 2. The topological polar surface area (TPSA) is 76.2 Å². The number of benzene rings is 1. The molecule has 160 valence electrons. The van der Waals surface area contributed by atoms with Gasteiger partial charge >= 0.3 is 6.61 Å². The van der Waals surface area contributed by atoms with Crippen LogP contribution < -0.4 is 9.47 Å². The van der Waals surface area contributed by atoms with E-state index in [4.69, 9.17) is 4.74 Å². The average Bonchev–Trinajstić information content (AvgIpc) is 3.18. The zero-order chi connectivity index (χ0) is 21.4. The monoisotopic (exact) mass is 425 g/mol. The number of halogens is 2. The summed E-state index contributed by atoms with van der Waals surface area (Å²) in [6, 6.07) is 9.03. The minimum atomic E-state index is -2.91. The number of aromatic amines is 1. The van der Waals surface area contributed by atoms with Crippen molar-refractivity contribution in [3.63, 3.8) is 0 Å². The number of aromatic nitrogens is 4. The molecule has 7 nitrogen and oxygen atoms in total. The third kappa shape index (κ3) is 4.00. The number of hydrogen-bond donors (Lipinski definition) is 1. The third-order valence-corrected chi connectivity index (χ3v) is 5.58. The number of H-pyrrole nitrogens is 1. The highest BCUT2D eigenvalue weighted by Crippen LogP contribution is 2.33. The molecule has 5 rings (SSSR count). The van der Waals surface area contributed by atoms with Crippen LogP contribution in [-0.4, -0.2) is 57.7 Å². The predicted molar refractivity (Wildman–Crippen MR) is 112 cm³/mol. The lowest BCUT2D eigenvalue weighted by Gasteiger charge is -2.29. The van der Waals surface area contributed by atoms with Crippen LogP contribution in [0, 0.1) is 0 Å². The van der Waals surface area contributed by atoms with E-state index < -0.39 is 6.61 Å². The molecule has 1 fully saturated rings. The Morgan fingerprint density at radius 2 is 1.94 bits per heavy atom. The average molecular weight is 425 g/mol. The summed E-state index contributed by atoms with van der Waals surface area (Å²) in [6.07, 6.45) is 5.36. The van der Waals surface area contributed by atoms with Crippen molar-refractivity contribution in [3.05, 3.63) is 42.9 Å². The van der Waals surface area contributed by atoms with Crippen molar-refractivity contribution in [2.75, 3.05) is 20.1 Å². The Bertz CT molecular complexity index is 1220. The summed E-state index contributed by atoms with van der Waals surface area (Å²) in [4.78, 5) is 18.2. The van der Waals surface area contributed by atoms with E-state index in [-0.39, 0.29) is 12.0 Å². The van der Waals surface area contributed by atoms with Gasteiger partial charge in [0.15, 0.2) is 0 Å². The Hall–Kier alpha value is -3.33. The first-order chi connectivity index (χ1) is 15.1. The number of nitrogens with one attached hydrogen (secondary N) is 1. The van der Waals surface area contributed by atoms with Crippen molar-refractivity contribution in [3.8, 4) is 22.9 Å². The number of alkyl halides is 2. The van der Waals surface area contributed by atoms with E-state index in [2.05, 4.69) is 36.6 Å². The van der Waals surface area contributed by atoms with E-state index >= 15 is 0 Å². The van der Waals surface area contributed by atoms with Crippen LogP contribution in [0.4, 0.5) is 8.78 Å². The quantitative estimate of drug-likeness (QED) is 0.515. The first-order valence-corrected chi connectivity index (χ1v) is 10.1. The van der Waals surface area contributed by atoms with Crippen LogP contribution in [0.15, 0.2) is 42.9 Å². The normalized spacial score (nSPS) is 15.7. The van der Waals surface area contributed by atoms with Gasteiger partial charge in [0.25, 0.3) is 0 Å². The maximum absolute atomic E-state index is 12.5. The van der Waals surface area contributed by atoms with Gasteiger partial charge in [0, 0.05) is 36.3 Å². The number of hydrogen-bond acceptors (Lipinski definition) is 6. The van der Waals surface area contributed by atoms with E-state index in [1.807, 2.05) is 18.2 Å². The maximum Gasteiger partial charge on any atom is 0.388 e. The second-order valence-corrected chi connectivity index (χ2v) is 7.66. The maximum atomic E-state index is 12.5. The zero-order valence-electron chi connectivity index (χ0n) is 16.9. The number of rotatable bonds is 5. The van der Waals surface area contributed by atoms with Gasteiger partial charge in [0.2, 0.25) is 11.8 Å². The molecule has 0 spiro atoms. The summed E-state index contributed by atoms with van der Waals surface area (Å²) >= 11 is 0. The summed E-state index contributed by atoms with van der Waals surface area (Å²) in [5.74, 6) is 0.448. The van der Waals surface area contributed by atoms with Crippen LogP contribution in [0.25, 0.3) is 33.1 Å². The molecule has 0 amide bonds. The van der Waals surface area contributed by atoms with Crippen LogP contribution in [0.3, 0.4) is 0 Å². The number of likely N-dealkylation sites (tertiary alicyclic amines) is 1. The molecule has 0 aliphatic carbocycles. The number of piperidine rings is 1. The molecule has 4 aromatic rings. The fourth-order valence-electron chi connectivity index (χ4n) is 3.94. The van der Waals surface area contributed by atoms with Gasteiger partial charge in [0.1, 0.15) is 18.1 Å². The lowest BCUT2D eigenvalue weighted by atomic mass is 10.0. The molecule has 1 aliphatic rings. The van der Waals surface area contributed by atoms with Gasteiger partial charge in [-0.15, -0.1) is 0 Å². The fraction of sp³-hybridized carbons (Fsp3) is 0.318. The van der Waals surface area contributed by atoms with Gasteiger partial charge in [0.05, 0.1) is 10.9 Å². The Morgan fingerprint density at radius 3 is 2.74 bits per heavy atom. The predicted octanol–water partition coefficient (Wildman–Crippen LogP) is 4.25. The van der Waals surface area contributed by atoms with Gasteiger partial charge < -0.3 is 19.4 Å². The van der Waals surface area contributed by atoms with Crippen molar-refractivity contribution in [2.24, 2.45) is 0 Å². The Labute approximate surface area is 177 Å². The van der Waals surface area contributed by atoms with Crippen molar-refractivity contribution >= 4 is 21.9 Å². The summed E-state index contributed by atoms with van der Waals surface area (Å²) in [5.41, 5.74) is 3.08. The first-order valence-electron chi connectivity index (χ1n) is 10.1. The Morgan fingerprint density at radius 1 is 1.10 bits per heavy atom. The molecular formula is C22H21F2N5O2. The van der Waals surface area contributed by atoms with Gasteiger partial charge in [-0.25, -0.2) is 9.97 Å². The molecule has 1 aromatic carbocycles. The Balaban J connectivity index is 1.49. The van der Waals surface area contributed by atoms with Crippen LogP contribution >= 0.6 is 0 Å². The van der Waals surface area contributed by atoms with Crippen LogP contribution in [-0.2, 0) is 0 Å². The van der Waals surface area contributed by atoms with Crippen LogP contribution in [0.1, 0.15) is 12.8 Å². The molecule has 9 heteroatoms. The van der Waals surface area contributed by atoms with Crippen molar-refractivity contribution in [1.29, 1.82) is 0 Å². The molecule has 0 unspecified atom stereocenters. The van der Waals surface area contributed by atoms with Crippen molar-refractivity contribution < 1.29 is 18.3 Å². The molecule has 3 aromatic heterocycles. The largest absolute Gasteiger partial charge is 0.474 e. The van der Waals surface area contributed by atoms with E-state index in [9.17, 15) is 8.78 Å². The van der Waals surface area contributed by atoms with Crippen molar-refractivity contribution in [2.45, 2.75) is 25.6 Å². The highest BCUT2D eigenvalue weighted by atomic mass is 19.3. The zero-order valence-corrected chi connectivity index (χ0v) is 16.9. The van der Waals surface area contributed by atoms with Crippen LogP contribution in [0.5, 0.6) is 11.8 Å². The molecule has 0 saturated carbocycles. The minimum absolute atomic E-state index is 0.128. The van der Waals surface area contributed by atoms with E-state index in [0.29, 0.717) is 11.5 Å². The van der Waals surface area contributed by atoms with Gasteiger partial charge in [-0.2, -0.15) is 13.8 Å². The summed E-state index contributed by atoms with van der Waals surface area (Å²) in [7, 11) is 2.11. The molecular weight excluding hydrogens is 404 g/mol. The lowest BCUT2D eigenvalue weighted by molar-refractivity contribution is -0.0526. The number of ether oxygens (including phenoxy) is 2. The smallest absolute Gasteiger partial charge is 0.388 e. The van der Waals surface area contributed by atoms with Gasteiger partial charge in [-0.1, -0.05) is 6.07 Å². The lowest BCUT2D eigenvalue weighted by Crippen LogP contribution is -2.35. The van der Waals surface area contributed by atoms with E-state index in [1.165, 1.54) is 12.4 Å². The summed E-state index contributed by atoms with van der Waals surface area (Å²) in [5, 5.41) is 1.63. The van der Waals surface area contributed by atoms with E-state index in [0.717, 1.165) is 53.3 Å². The standard InChI is InChI=1S/C22H21F2N5O2/c1-29-8-6-14(7-9-29)30-21-16-10-13(2-4-18(16)26-12-27-21)17-11-25-20-15(17)3-5-19(28-20)31-22(23)24/h2-5,10-12,14,22H,6-9H2,1H3,(H,25,28). The molecule has 1 aliphatic heterocycles. The summed E-state index contributed by atoms with van der Waals surface area (Å²) in [6.45, 7) is -0.917. The number of nitrogens with zero attached hydrogens (tertiary/aromatic N) is 4. The molecule has 0 radical (unpaired) electrons. The second kappa shape index (κ2) is 8.07. The van der Waals surface area contributed by atoms with E-state index in [1.54, 1.807) is 12.3 Å². The van der Waals surface area contributed by atoms with Gasteiger partial charge in [-0.05, 0) is 43.7 Å².